The number of rotatable bonds is 5. The number of carbonyl (C=O) groups excluding carboxylic acids is 2. The first kappa shape index (κ1) is 22.7. The zero-order chi connectivity index (χ0) is 22.8. The zero-order valence-corrected chi connectivity index (χ0v) is 19.0. The van der Waals surface area contributed by atoms with E-state index in [1.54, 1.807) is 20.9 Å². The molecule has 1 N–H and O–H groups in total. The Morgan fingerprint density at radius 1 is 1.13 bits per heavy atom. The van der Waals surface area contributed by atoms with Crippen molar-refractivity contribution in [3.05, 3.63) is 41.2 Å². The molecular formula is C21H27N5O4S. The van der Waals surface area contributed by atoms with Crippen molar-refractivity contribution >= 4 is 33.2 Å². The maximum Gasteiger partial charge on any atom is 0.296 e. The second-order valence-corrected chi connectivity index (χ2v) is 9.30. The minimum atomic E-state index is -3.95. The van der Waals surface area contributed by atoms with Crippen molar-refractivity contribution in [1.82, 2.24) is 14.7 Å². The molecule has 1 aliphatic rings. The summed E-state index contributed by atoms with van der Waals surface area (Å²) in [6.45, 7) is 4.13. The Bertz CT molecular complexity index is 1150. The molecule has 0 bridgehead atoms. The summed E-state index contributed by atoms with van der Waals surface area (Å²) in [5.74, 6) is -1.05. The molecule has 1 amide bonds. The molecule has 0 aliphatic carbocycles. The molecule has 1 aliphatic heterocycles. The second-order valence-electron chi connectivity index (χ2n) is 7.70. The minimum Gasteiger partial charge on any atom is -0.362 e. The first-order chi connectivity index (χ1) is 14.6. The van der Waals surface area contributed by atoms with Crippen LogP contribution < -0.4 is 5.32 Å². The third-order valence-electron chi connectivity index (χ3n) is 5.39. The molecular weight excluding hydrogens is 418 g/mol. The van der Waals surface area contributed by atoms with Gasteiger partial charge in [-0.15, -0.1) is 4.40 Å². The number of amidine groups is 1. The molecule has 0 atom stereocenters. The van der Waals surface area contributed by atoms with Gasteiger partial charge in [-0.1, -0.05) is 12.5 Å². The first-order valence-electron chi connectivity index (χ1n) is 10.1. The Hall–Kier alpha value is -3.01. The standard InChI is InChI=1S/C21H27N5O4S/c1-14-19(15(2)26(4)23-14)20(27)21(28)22-16-9-8-10-17(13-16)31(29,30)24-18-11-6-5-7-12-25(18)3/h8-10,13H,5-7,11-12H2,1-4H3,(H,22,28). The summed E-state index contributed by atoms with van der Waals surface area (Å²) in [6, 6.07) is 5.76. The number of aromatic nitrogens is 2. The highest BCUT2D eigenvalue weighted by Crippen LogP contribution is 2.21. The lowest BCUT2D eigenvalue weighted by molar-refractivity contribution is -0.112. The molecule has 31 heavy (non-hydrogen) atoms. The van der Waals surface area contributed by atoms with Gasteiger partial charge in [0.05, 0.1) is 16.2 Å². The molecule has 0 unspecified atom stereocenters. The molecule has 0 saturated carbocycles. The van der Waals surface area contributed by atoms with Gasteiger partial charge in [0, 0.05) is 38.4 Å². The van der Waals surface area contributed by atoms with Gasteiger partial charge >= 0.3 is 0 Å². The normalized spacial score (nSPS) is 16.3. The van der Waals surface area contributed by atoms with E-state index in [-0.39, 0.29) is 16.1 Å². The highest BCUT2D eigenvalue weighted by molar-refractivity contribution is 7.90. The first-order valence-corrected chi connectivity index (χ1v) is 11.5. The summed E-state index contributed by atoms with van der Waals surface area (Å²) in [4.78, 5) is 26.9. The Balaban J connectivity index is 1.82. The van der Waals surface area contributed by atoms with E-state index in [2.05, 4.69) is 14.8 Å². The van der Waals surface area contributed by atoms with E-state index in [9.17, 15) is 18.0 Å². The fraction of sp³-hybridized carbons (Fsp3) is 0.429. The van der Waals surface area contributed by atoms with Gasteiger partial charge in [0.25, 0.3) is 21.7 Å². The van der Waals surface area contributed by atoms with E-state index in [1.807, 2.05) is 11.9 Å². The van der Waals surface area contributed by atoms with E-state index in [1.165, 1.54) is 28.9 Å². The van der Waals surface area contributed by atoms with Crippen molar-refractivity contribution in [3.8, 4) is 0 Å². The number of ketones is 1. The molecule has 1 saturated heterocycles. The third kappa shape index (κ3) is 5.01. The smallest absolute Gasteiger partial charge is 0.296 e. The maximum absolute atomic E-state index is 12.8. The van der Waals surface area contributed by atoms with Crippen molar-refractivity contribution in [2.75, 3.05) is 18.9 Å². The number of amides is 1. The number of nitrogens with one attached hydrogen (secondary N) is 1. The number of aryl methyl sites for hydroxylation is 2. The van der Waals surface area contributed by atoms with Crippen LogP contribution in [-0.4, -0.2) is 54.2 Å². The summed E-state index contributed by atoms with van der Waals surface area (Å²) < 4.78 is 31.2. The SMILES string of the molecule is Cc1nn(C)c(C)c1C(=O)C(=O)Nc1cccc(S(=O)(=O)N=C2CCCCCN2C)c1. The average Bonchev–Trinajstić information content (AvgIpc) is 2.84. The van der Waals surface area contributed by atoms with Crippen LogP contribution in [0.3, 0.4) is 0 Å². The lowest BCUT2D eigenvalue weighted by Crippen LogP contribution is -2.27. The summed E-state index contributed by atoms with van der Waals surface area (Å²) >= 11 is 0. The van der Waals surface area contributed by atoms with Crippen LogP contribution in [0.15, 0.2) is 33.6 Å². The second kappa shape index (κ2) is 9.01. The van der Waals surface area contributed by atoms with Crippen LogP contribution in [0.4, 0.5) is 5.69 Å². The van der Waals surface area contributed by atoms with Crippen LogP contribution in [0.25, 0.3) is 0 Å². The van der Waals surface area contributed by atoms with Gasteiger partial charge in [0.15, 0.2) is 0 Å². The maximum atomic E-state index is 12.8. The number of nitrogens with zero attached hydrogens (tertiary/aromatic N) is 4. The topological polar surface area (TPSA) is 114 Å². The van der Waals surface area contributed by atoms with Crippen LogP contribution in [-0.2, 0) is 21.9 Å². The molecule has 10 heteroatoms. The van der Waals surface area contributed by atoms with Gasteiger partial charge in [0.2, 0.25) is 0 Å². The predicted octanol–water partition coefficient (Wildman–Crippen LogP) is 2.45. The number of benzene rings is 1. The Morgan fingerprint density at radius 3 is 2.55 bits per heavy atom. The Kier molecular flexibility index (Phi) is 6.59. The Labute approximate surface area is 182 Å². The van der Waals surface area contributed by atoms with Crippen molar-refractivity contribution in [1.29, 1.82) is 0 Å². The minimum absolute atomic E-state index is 0.0448. The highest BCUT2D eigenvalue weighted by atomic mass is 32.2. The van der Waals surface area contributed by atoms with Gasteiger partial charge in [-0.25, -0.2) is 0 Å². The van der Waals surface area contributed by atoms with Crippen LogP contribution >= 0.6 is 0 Å². The zero-order valence-electron chi connectivity index (χ0n) is 18.2. The largest absolute Gasteiger partial charge is 0.362 e. The van der Waals surface area contributed by atoms with E-state index in [4.69, 9.17) is 0 Å². The van der Waals surface area contributed by atoms with Crippen LogP contribution in [0, 0.1) is 13.8 Å². The van der Waals surface area contributed by atoms with Gasteiger partial charge in [-0.05, 0) is 44.9 Å². The number of hydrogen-bond acceptors (Lipinski definition) is 5. The lowest BCUT2D eigenvalue weighted by Gasteiger charge is -2.17. The molecule has 9 nitrogen and oxygen atoms in total. The van der Waals surface area contributed by atoms with Crippen LogP contribution in [0.5, 0.6) is 0 Å². The van der Waals surface area contributed by atoms with Gasteiger partial charge < -0.3 is 10.2 Å². The van der Waals surface area contributed by atoms with E-state index < -0.39 is 21.7 Å². The van der Waals surface area contributed by atoms with Crippen LogP contribution in [0.1, 0.15) is 47.4 Å². The third-order valence-corrected chi connectivity index (χ3v) is 6.69. The summed E-state index contributed by atoms with van der Waals surface area (Å²) in [5, 5.41) is 6.64. The molecule has 2 heterocycles. The van der Waals surface area contributed by atoms with E-state index in [0.29, 0.717) is 23.6 Å². The molecule has 3 rings (SSSR count). The molecule has 2 aromatic rings. The fourth-order valence-electron chi connectivity index (χ4n) is 3.57. The molecule has 0 radical (unpaired) electrons. The summed E-state index contributed by atoms with van der Waals surface area (Å²) in [5.41, 5.74) is 1.48. The number of sulfonamides is 1. The number of anilines is 1. The molecule has 1 fully saturated rings. The number of carbonyl (C=O) groups is 2. The number of Topliss-reactive ketones (excluding diaryl/α,β-unsaturated/α-hetero) is 1. The van der Waals surface area contributed by atoms with Crippen LogP contribution in [0.2, 0.25) is 0 Å². The number of likely N-dealkylation sites (tertiary alicyclic amines) is 1. The monoisotopic (exact) mass is 445 g/mol. The van der Waals surface area contributed by atoms with Crippen molar-refractivity contribution in [3.63, 3.8) is 0 Å². The van der Waals surface area contributed by atoms with Gasteiger partial charge in [-0.2, -0.15) is 13.5 Å². The molecule has 166 valence electrons. The van der Waals surface area contributed by atoms with Gasteiger partial charge in [-0.3, -0.25) is 14.3 Å². The fourth-order valence-corrected chi connectivity index (χ4v) is 4.71. The summed E-state index contributed by atoms with van der Waals surface area (Å²) in [7, 11) is -0.422. The Morgan fingerprint density at radius 2 is 1.87 bits per heavy atom. The average molecular weight is 446 g/mol. The van der Waals surface area contributed by atoms with E-state index >= 15 is 0 Å². The van der Waals surface area contributed by atoms with Gasteiger partial charge in [0.1, 0.15) is 5.84 Å². The molecule has 0 spiro atoms. The van der Waals surface area contributed by atoms with Crippen molar-refractivity contribution in [2.24, 2.45) is 11.4 Å². The molecule has 1 aromatic heterocycles. The highest BCUT2D eigenvalue weighted by Gasteiger charge is 2.25. The number of hydrogen-bond donors (Lipinski definition) is 1. The predicted molar refractivity (Wildman–Crippen MR) is 118 cm³/mol. The van der Waals surface area contributed by atoms with E-state index in [0.717, 1.165) is 25.8 Å². The summed E-state index contributed by atoms with van der Waals surface area (Å²) in [6.07, 6.45) is 3.53. The molecule has 1 aromatic carbocycles. The van der Waals surface area contributed by atoms with Crippen molar-refractivity contribution in [2.45, 2.75) is 44.4 Å². The quantitative estimate of drug-likeness (QED) is 0.559. The lowest BCUT2D eigenvalue weighted by atomic mass is 10.1. The van der Waals surface area contributed by atoms with Crippen molar-refractivity contribution < 1.29 is 18.0 Å².